The van der Waals surface area contributed by atoms with Gasteiger partial charge in [-0.25, -0.2) is 15.0 Å². The van der Waals surface area contributed by atoms with Crippen LogP contribution >= 0.6 is 0 Å². The number of hydrogen-bond acceptors (Lipinski definition) is 6. The lowest BCUT2D eigenvalue weighted by Crippen LogP contribution is -2.10. The van der Waals surface area contributed by atoms with E-state index in [9.17, 15) is 15.8 Å². The number of aryl methyl sites for hydroxylation is 2. The Balaban J connectivity index is 1.10. The molecule has 0 spiro atoms. The van der Waals surface area contributed by atoms with Crippen molar-refractivity contribution >= 4 is 43.6 Å². The molecule has 3 heterocycles. The van der Waals surface area contributed by atoms with E-state index < -0.39 is 0 Å². The number of rotatable bonds is 11. The van der Waals surface area contributed by atoms with Crippen molar-refractivity contribution in [3.05, 3.63) is 245 Å². The molecule has 87 heavy (non-hydrogen) atoms. The Morgan fingerprint density at radius 3 is 1.34 bits per heavy atom. The van der Waals surface area contributed by atoms with Gasteiger partial charge in [0.1, 0.15) is 0 Å². The lowest BCUT2D eigenvalue weighted by atomic mass is 9.85. The van der Waals surface area contributed by atoms with Crippen molar-refractivity contribution in [2.24, 2.45) is 0 Å². The molecule has 420 valence electrons. The minimum absolute atomic E-state index is 0.0933. The molecule has 13 rings (SSSR count). The van der Waals surface area contributed by atoms with Crippen LogP contribution in [0.3, 0.4) is 0 Å². The predicted octanol–water partition coefficient (Wildman–Crippen LogP) is 19.9. The molecule has 10 aromatic carbocycles. The number of aromatic nitrogens is 5. The van der Waals surface area contributed by atoms with Crippen LogP contribution in [0.2, 0.25) is 0 Å². The first-order chi connectivity index (χ1) is 42.1. The molecule has 0 aliphatic rings. The second-order valence-corrected chi connectivity index (χ2v) is 25.0. The molecule has 3 aromatic heterocycles. The molecule has 0 atom stereocenters. The van der Waals surface area contributed by atoms with Crippen molar-refractivity contribution in [2.75, 3.05) is 0 Å². The lowest BCUT2D eigenvalue weighted by Gasteiger charge is -2.20. The van der Waals surface area contributed by atoms with Gasteiger partial charge < -0.3 is 9.13 Å². The van der Waals surface area contributed by atoms with E-state index >= 15 is 0 Å². The fraction of sp³-hybridized carbons (Fsp3) is 0.165. The van der Waals surface area contributed by atoms with E-state index in [2.05, 4.69) is 216 Å². The molecule has 0 amide bonds. The fourth-order valence-corrected chi connectivity index (χ4v) is 12.3. The fourth-order valence-electron chi connectivity index (χ4n) is 12.3. The molecular formula is C79H64N8. The summed E-state index contributed by atoms with van der Waals surface area (Å²) in [4.78, 5) is 16.5. The van der Waals surface area contributed by atoms with Gasteiger partial charge in [0.2, 0.25) is 0 Å². The highest BCUT2D eigenvalue weighted by Crippen LogP contribution is 2.44. The SMILES string of the molecule is CCCCc1ccc2c(c1)c1cc(C)ccc1n2-c1cc(-c2nc(-c3ccc(-c4cccc(C#N)c4)c(-n4c5ccc(C(C)(C)C)cc5c5cc(C(C)(C)C)ccc54)c3)nc(-c3ccccc3-c3ccc(C#N)cc3)n2)ccc1-c1cccc(C#N)c1. The molecule has 0 fully saturated rings. The zero-order valence-corrected chi connectivity index (χ0v) is 50.3. The smallest absolute Gasteiger partial charge is 0.164 e. The maximum atomic E-state index is 10.3. The third kappa shape index (κ3) is 10.3. The van der Waals surface area contributed by atoms with E-state index in [1.807, 2.05) is 72.8 Å². The first kappa shape index (κ1) is 55.5. The van der Waals surface area contributed by atoms with E-state index in [1.165, 1.54) is 33.0 Å². The van der Waals surface area contributed by atoms with Gasteiger partial charge in [0.25, 0.3) is 0 Å². The van der Waals surface area contributed by atoms with Crippen LogP contribution < -0.4 is 0 Å². The van der Waals surface area contributed by atoms with Crippen LogP contribution in [0, 0.1) is 40.9 Å². The van der Waals surface area contributed by atoms with Crippen LogP contribution in [0.5, 0.6) is 0 Å². The van der Waals surface area contributed by atoms with Crippen molar-refractivity contribution in [1.29, 1.82) is 15.8 Å². The zero-order chi connectivity index (χ0) is 60.3. The summed E-state index contributed by atoms with van der Waals surface area (Å²) in [6.45, 7) is 17.9. The van der Waals surface area contributed by atoms with Gasteiger partial charge in [-0.3, -0.25) is 0 Å². The second kappa shape index (κ2) is 22.0. The topological polar surface area (TPSA) is 120 Å². The maximum Gasteiger partial charge on any atom is 0.164 e. The van der Waals surface area contributed by atoms with Crippen LogP contribution in [0.15, 0.2) is 206 Å². The molecular weight excluding hydrogens is 1060 g/mol. The van der Waals surface area contributed by atoms with Gasteiger partial charge >= 0.3 is 0 Å². The third-order valence-electron chi connectivity index (χ3n) is 17.0. The van der Waals surface area contributed by atoms with Gasteiger partial charge in [-0.2, -0.15) is 15.8 Å². The average molecular weight is 1130 g/mol. The van der Waals surface area contributed by atoms with Crippen LogP contribution in [0.25, 0.3) is 123 Å². The maximum absolute atomic E-state index is 10.3. The first-order valence-corrected chi connectivity index (χ1v) is 29.9. The summed E-state index contributed by atoms with van der Waals surface area (Å²) < 4.78 is 4.73. The standard InChI is InChI=1S/C79H64N8/c1-9-10-15-50-25-35-70-66(41-50)65-38-49(2)22-34-69(65)86(70)73-42-57(28-32-62(73)55-18-13-16-52(39-55)47-81)75-83-76(85-77(84-75)64-21-12-11-20-61(64)54-26-23-51(46-80)24-27-54)58-29-33-63(56-19-14-17-53(40-56)48-82)74(43-58)87-71-36-30-59(78(3,4)5)44-67(71)68-45-60(79(6,7)8)31-37-72(68)87/h11-14,16-45H,9-10,15H2,1-8H3. The molecule has 0 unspecified atom stereocenters. The van der Waals surface area contributed by atoms with Crippen molar-refractivity contribution in [3.63, 3.8) is 0 Å². The quantitative estimate of drug-likeness (QED) is 0.127. The zero-order valence-electron chi connectivity index (χ0n) is 50.3. The highest BCUT2D eigenvalue weighted by atomic mass is 15.0. The summed E-state index contributed by atoms with van der Waals surface area (Å²) in [7, 11) is 0. The Morgan fingerprint density at radius 1 is 0.379 bits per heavy atom. The Hall–Kier alpha value is -10.7. The lowest BCUT2D eigenvalue weighted by molar-refractivity contribution is 0.590. The third-order valence-corrected chi connectivity index (χ3v) is 17.0. The molecule has 0 aliphatic heterocycles. The van der Waals surface area contributed by atoms with Gasteiger partial charge in [0.05, 0.1) is 68.3 Å². The minimum atomic E-state index is -0.0933. The summed E-state index contributed by atoms with van der Waals surface area (Å²) in [6, 6.07) is 78.6. The van der Waals surface area contributed by atoms with Crippen LogP contribution in [0.4, 0.5) is 0 Å². The van der Waals surface area contributed by atoms with Gasteiger partial charge in [-0.05, 0) is 167 Å². The molecule has 8 heteroatoms. The van der Waals surface area contributed by atoms with Gasteiger partial charge in [0.15, 0.2) is 17.5 Å². The Kier molecular flexibility index (Phi) is 14.1. The van der Waals surface area contributed by atoms with E-state index in [0.717, 1.165) is 114 Å². The highest BCUT2D eigenvalue weighted by molar-refractivity contribution is 6.12. The number of hydrogen-bond donors (Lipinski definition) is 0. The number of unbranched alkanes of at least 4 members (excludes halogenated alkanes) is 1. The van der Waals surface area contributed by atoms with Gasteiger partial charge in [-0.1, -0.05) is 170 Å². The number of benzene rings is 10. The Labute approximate surface area is 508 Å². The summed E-state index contributed by atoms with van der Waals surface area (Å²) in [5, 5.41) is 35.0. The second-order valence-electron chi connectivity index (χ2n) is 25.0. The molecule has 0 saturated heterocycles. The minimum Gasteiger partial charge on any atom is -0.309 e. The molecule has 8 nitrogen and oxygen atoms in total. The van der Waals surface area contributed by atoms with Crippen LogP contribution in [0.1, 0.15) is 100 Å². The molecule has 0 saturated carbocycles. The summed E-state index contributed by atoms with van der Waals surface area (Å²) in [5.41, 5.74) is 20.4. The molecule has 0 N–H and O–H groups in total. The predicted molar refractivity (Wildman–Crippen MR) is 356 cm³/mol. The first-order valence-electron chi connectivity index (χ1n) is 29.9. The van der Waals surface area contributed by atoms with Crippen molar-refractivity contribution in [3.8, 4) is 97.1 Å². The Morgan fingerprint density at radius 2 is 0.839 bits per heavy atom. The number of nitrogens with zero attached hydrogens (tertiary/aromatic N) is 8. The summed E-state index contributed by atoms with van der Waals surface area (Å²) in [5.74, 6) is 1.41. The summed E-state index contributed by atoms with van der Waals surface area (Å²) >= 11 is 0. The average Bonchev–Trinajstić information content (AvgIpc) is 1.64. The van der Waals surface area contributed by atoms with E-state index in [4.69, 9.17) is 15.0 Å². The molecule has 13 aromatic rings. The van der Waals surface area contributed by atoms with E-state index in [1.54, 1.807) is 0 Å². The summed E-state index contributed by atoms with van der Waals surface area (Å²) in [6.07, 6.45) is 3.22. The molecule has 0 radical (unpaired) electrons. The van der Waals surface area contributed by atoms with E-state index in [0.29, 0.717) is 34.2 Å². The van der Waals surface area contributed by atoms with Crippen molar-refractivity contribution < 1.29 is 0 Å². The van der Waals surface area contributed by atoms with Crippen LogP contribution in [-0.4, -0.2) is 24.1 Å². The van der Waals surface area contributed by atoms with Crippen LogP contribution in [-0.2, 0) is 17.3 Å². The highest BCUT2D eigenvalue weighted by Gasteiger charge is 2.25. The van der Waals surface area contributed by atoms with Gasteiger partial charge in [-0.15, -0.1) is 0 Å². The van der Waals surface area contributed by atoms with Crippen molar-refractivity contribution in [2.45, 2.75) is 85.5 Å². The normalized spacial score (nSPS) is 11.8. The molecule has 0 aliphatic carbocycles. The molecule has 0 bridgehead atoms. The van der Waals surface area contributed by atoms with E-state index in [-0.39, 0.29) is 10.8 Å². The monoisotopic (exact) mass is 1120 g/mol. The Bertz CT molecular complexity index is 4970. The van der Waals surface area contributed by atoms with Gasteiger partial charge in [0, 0.05) is 49.4 Å². The largest absolute Gasteiger partial charge is 0.309 e. The number of fused-ring (bicyclic) bond motifs is 6. The van der Waals surface area contributed by atoms with Crippen molar-refractivity contribution in [1.82, 2.24) is 24.1 Å². The number of nitriles is 3.